The van der Waals surface area contributed by atoms with Crippen LogP contribution in [0.1, 0.15) is 37.7 Å². The number of carbonyl (C=O) groups excluding carboxylic acids is 2. The third-order valence-corrected chi connectivity index (χ3v) is 5.74. The Hall–Kier alpha value is -3.77. The van der Waals surface area contributed by atoms with Crippen molar-refractivity contribution in [3.05, 3.63) is 64.5 Å². The van der Waals surface area contributed by atoms with E-state index in [4.69, 9.17) is 16.2 Å². The molecule has 0 saturated heterocycles. The first-order chi connectivity index (χ1) is 14.8. The lowest BCUT2D eigenvalue weighted by atomic mass is 10.2. The first-order valence-corrected chi connectivity index (χ1v) is 10.2. The Labute approximate surface area is 183 Å². The minimum atomic E-state index is -0.409. The molecule has 4 N–H and O–H groups in total. The van der Waals surface area contributed by atoms with Gasteiger partial charge < -0.3 is 20.8 Å². The average Bonchev–Trinajstić information content (AvgIpc) is 3.05. The number of Topliss-reactive ketones (excluding diaryl/α,β-unsaturated/α-hetero) is 1. The maximum absolute atomic E-state index is 12.9. The smallest absolute Gasteiger partial charge is 0.337 e. The summed E-state index contributed by atoms with van der Waals surface area (Å²) in [6.45, 7) is 3.76. The molecule has 3 rings (SSSR count). The van der Waals surface area contributed by atoms with Crippen LogP contribution in [0.25, 0.3) is 5.69 Å². The number of rotatable bonds is 6. The number of methoxy groups -OCH3 is 1. The van der Waals surface area contributed by atoms with Gasteiger partial charge in [-0.2, -0.15) is 5.26 Å². The van der Waals surface area contributed by atoms with Gasteiger partial charge in [-0.15, -0.1) is 0 Å². The highest BCUT2D eigenvalue weighted by atomic mass is 32.2. The predicted molar refractivity (Wildman–Crippen MR) is 119 cm³/mol. The Morgan fingerprint density at radius 1 is 1.19 bits per heavy atom. The van der Waals surface area contributed by atoms with Gasteiger partial charge in [0, 0.05) is 28.7 Å². The van der Waals surface area contributed by atoms with Crippen molar-refractivity contribution in [2.75, 3.05) is 24.3 Å². The number of thioether (sulfide) groups is 1. The summed E-state index contributed by atoms with van der Waals surface area (Å²) in [5.74, 6) is -0.244. The minimum Gasteiger partial charge on any atom is -0.465 e. The van der Waals surface area contributed by atoms with Gasteiger partial charge in [-0.25, -0.2) is 9.78 Å². The van der Waals surface area contributed by atoms with E-state index >= 15 is 0 Å². The van der Waals surface area contributed by atoms with Crippen molar-refractivity contribution < 1.29 is 14.3 Å². The van der Waals surface area contributed by atoms with E-state index in [1.165, 1.54) is 13.2 Å². The first kappa shape index (κ1) is 21.9. The highest BCUT2D eigenvalue weighted by molar-refractivity contribution is 8.00. The Bertz CT molecular complexity index is 1210. The summed E-state index contributed by atoms with van der Waals surface area (Å²) >= 11 is 1.13. The monoisotopic (exact) mass is 435 g/mol. The van der Waals surface area contributed by atoms with E-state index in [1.54, 1.807) is 24.3 Å². The van der Waals surface area contributed by atoms with E-state index in [1.807, 2.05) is 30.6 Å². The number of anilines is 2. The standard InChI is InChI=1S/C22H21N5O3S/c1-12-8-16(13(2)27(12)15-6-4-14(5-7-15)22(29)30-3)19(28)11-31-21-17(10-23)18(24)9-20(25)26-21/h4-9H,11H2,1-3H3,(H4,24,25,26). The number of carbonyl (C=O) groups is 2. The van der Waals surface area contributed by atoms with E-state index in [2.05, 4.69) is 4.98 Å². The molecule has 0 spiro atoms. The van der Waals surface area contributed by atoms with Crippen LogP contribution in [-0.4, -0.2) is 34.2 Å². The second-order valence-corrected chi connectivity index (χ2v) is 7.76. The Morgan fingerprint density at radius 2 is 1.87 bits per heavy atom. The lowest BCUT2D eigenvalue weighted by Gasteiger charge is -2.11. The summed E-state index contributed by atoms with van der Waals surface area (Å²) in [5.41, 5.74) is 15.5. The van der Waals surface area contributed by atoms with E-state index < -0.39 is 5.97 Å². The zero-order chi connectivity index (χ0) is 22.7. The van der Waals surface area contributed by atoms with E-state index in [-0.39, 0.29) is 28.6 Å². The second kappa shape index (κ2) is 8.93. The first-order valence-electron chi connectivity index (χ1n) is 9.26. The number of ether oxygens (including phenoxy) is 1. The van der Waals surface area contributed by atoms with Gasteiger partial charge in [-0.1, -0.05) is 11.8 Å². The molecule has 0 aliphatic rings. The van der Waals surface area contributed by atoms with Gasteiger partial charge in [0.05, 0.1) is 24.1 Å². The van der Waals surface area contributed by atoms with Crippen LogP contribution >= 0.6 is 11.8 Å². The molecule has 158 valence electrons. The van der Waals surface area contributed by atoms with Crippen LogP contribution < -0.4 is 11.5 Å². The van der Waals surface area contributed by atoms with Gasteiger partial charge in [0.15, 0.2) is 5.78 Å². The number of nitriles is 1. The number of pyridine rings is 1. The molecule has 31 heavy (non-hydrogen) atoms. The summed E-state index contributed by atoms with van der Waals surface area (Å²) < 4.78 is 6.67. The number of ketones is 1. The fourth-order valence-electron chi connectivity index (χ4n) is 3.30. The van der Waals surface area contributed by atoms with Gasteiger partial charge in [0.25, 0.3) is 0 Å². The minimum absolute atomic E-state index is 0.0795. The van der Waals surface area contributed by atoms with Gasteiger partial charge in [-0.3, -0.25) is 4.79 Å². The maximum Gasteiger partial charge on any atom is 0.337 e. The molecule has 2 heterocycles. The van der Waals surface area contributed by atoms with Gasteiger partial charge in [-0.05, 0) is 44.2 Å². The van der Waals surface area contributed by atoms with Gasteiger partial charge >= 0.3 is 5.97 Å². The molecule has 0 aliphatic carbocycles. The van der Waals surface area contributed by atoms with Crippen molar-refractivity contribution in [2.45, 2.75) is 18.9 Å². The normalized spacial score (nSPS) is 10.5. The molecule has 1 aromatic carbocycles. The van der Waals surface area contributed by atoms with Crippen molar-refractivity contribution in [3.8, 4) is 11.8 Å². The van der Waals surface area contributed by atoms with E-state index in [9.17, 15) is 14.9 Å². The molecule has 8 nitrogen and oxygen atoms in total. The summed E-state index contributed by atoms with van der Waals surface area (Å²) in [4.78, 5) is 28.7. The molecule has 0 aliphatic heterocycles. The zero-order valence-electron chi connectivity index (χ0n) is 17.3. The molecule has 0 radical (unpaired) electrons. The Balaban J connectivity index is 1.85. The summed E-state index contributed by atoms with van der Waals surface area (Å²) in [5, 5.41) is 9.64. The van der Waals surface area contributed by atoms with Crippen molar-refractivity contribution in [3.63, 3.8) is 0 Å². The predicted octanol–water partition coefficient (Wildman–Crippen LogP) is 3.29. The third kappa shape index (κ3) is 4.39. The van der Waals surface area contributed by atoms with Gasteiger partial charge in [0.2, 0.25) is 0 Å². The number of esters is 1. The number of aromatic nitrogens is 2. The maximum atomic E-state index is 12.9. The molecule has 9 heteroatoms. The number of benzene rings is 1. The molecule has 3 aromatic rings. The molecule has 0 bridgehead atoms. The molecular formula is C22H21N5O3S. The fourth-order valence-corrected chi connectivity index (χ4v) is 4.20. The fraction of sp³-hybridized carbons (Fsp3) is 0.182. The molecule has 0 saturated carbocycles. The molecule has 0 unspecified atom stereocenters. The molecular weight excluding hydrogens is 414 g/mol. The number of nitrogens with two attached hydrogens (primary N) is 2. The van der Waals surface area contributed by atoms with Crippen LogP contribution in [-0.2, 0) is 4.74 Å². The number of hydrogen-bond acceptors (Lipinski definition) is 8. The quantitative estimate of drug-likeness (QED) is 0.342. The molecule has 0 fully saturated rings. The number of nitrogen functional groups attached to an aromatic ring is 2. The number of hydrogen-bond donors (Lipinski definition) is 2. The van der Waals surface area contributed by atoms with Crippen molar-refractivity contribution >= 4 is 35.0 Å². The van der Waals surface area contributed by atoms with Crippen molar-refractivity contribution in [1.82, 2.24) is 9.55 Å². The lowest BCUT2D eigenvalue weighted by Crippen LogP contribution is -2.07. The number of nitrogens with zero attached hydrogens (tertiary/aromatic N) is 3. The third-order valence-electron chi connectivity index (χ3n) is 4.77. The SMILES string of the molecule is COC(=O)c1ccc(-n2c(C)cc(C(=O)CSc3nc(N)cc(N)c3C#N)c2C)cc1. The van der Waals surface area contributed by atoms with E-state index in [0.717, 1.165) is 28.8 Å². The highest BCUT2D eigenvalue weighted by Gasteiger charge is 2.19. The summed E-state index contributed by atoms with van der Waals surface area (Å²) in [7, 11) is 1.33. The van der Waals surface area contributed by atoms with Crippen LogP contribution in [0.3, 0.4) is 0 Å². The zero-order valence-corrected chi connectivity index (χ0v) is 18.1. The van der Waals surface area contributed by atoms with E-state index in [0.29, 0.717) is 16.2 Å². The summed E-state index contributed by atoms with van der Waals surface area (Å²) in [6, 6.07) is 12.2. The van der Waals surface area contributed by atoms with Crippen LogP contribution in [0.5, 0.6) is 0 Å². The largest absolute Gasteiger partial charge is 0.465 e. The van der Waals surface area contributed by atoms with Crippen molar-refractivity contribution in [2.24, 2.45) is 0 Å². The van der Waals surface area contributed by atoms with Gasteiger partial charge in [0.1, 0.15) is 22.5 Å². The van der Waals surface area contributed by atoms with Crippen molar-refractivity contribution in [1.29, 1.82) is 5.26 Å². The van der Waals surface area contributed by atoms with Crippen LogP contribution in [0.15, 0.2) is 41.4 Å². The Kier molecular flexibility index (Phi) is 6.32. The average molecular weight is 436 g/mol. The Morgan fingerprint density at radius 3 is 2.48 bits per heavy atom. The molecule has 2 aromatic heterocycles. The highest BCUT2D eigenvalue weighted by Crippen LogP contribution is 2.28. The van der Waals surface area contributed by atoms with Crippen LogP contribution in [0.2, 0.25) is 0 Å². The van der Waals surface area contributed by atoms with Crippen LogP contribution in [0.4, 0.5) is 11.5 Å². The second-order valence-electron chi connectivity index (χ2n) is 6.80. The van der Waals surface area contributed by atoms with Crippen LogP contribution in [0, 0.1) is 25.2 Å². The number of aryl methyl sites for hydroxylation is 1. The lowest BCUT2D eigenvalue weighted by molar-refractivity contribution is 0.0600. The molecule has 0 amide bonds. The molecule has 0 atom stereocenters. The topological polar surface area (TPSA) is 137 Å². The summed E-state index contributed by atoms with van der Waals surface area (Å²) in [6.07, 6.45) is 0.